The Morgan fingerprint density at radius 3 is 2.75 bits per heavy atom. The molecule has 0 radical (unpaired) electrons. The summed E-state index contributed by atoms with van der Waals surface area (Å²) in [5.74, 6) is -0.770. The highest BCUT2D eigenvalue weighted by Crippen LogP contribution is 2.11. The van der Waals surface area contributed by atoms with Gasteiger partial charge in [-0.1, -0.05) is 24.3 Å². The minimum absolute atomic E-state index is 0.184. The number of alkyl halides is 1. The van der Waals surface area contributed by atoms with Crippen molar-refractivity contribution in [3.8, 4) is 0 Å². The van der Waals surface area contributed by atoms with Gasteiger partial charge in [0.05, 0.1) is 0 Å². The second-order valence-electron chi connectivity index (χ2n) is 4.05. The van der Waals surface area contributed by atoms with E-state index in [1.54, 1.807) is 0 Å². The monoisotopic (exact) mass is 224 g/mol. The van der Waals surface area contributed by atoms with Crippen LogP contribution in [0.15, 0.2) is 24.3 Å². The zero-order valence-electron chi connectivity index (χ0n) is 9.45. The maximum Gasteiger partial charge on any atom is 0.303 e. The van der Waals surface area contributed by atoms with E-state index in [4.69, 9.17) is 5.11 Å². The molecule has 0 aliphatic carbocycles. The molecule has 88 valence electrons. The van der Waals surface area contributed by atoms with Crippen LogP contribution in [0.2, 0.25) is 0 Å². The Morgan fingerprint density at radius 1 is 1.44 bits per heavy atom. The van der Waals surface area contributed by atoms with Crippen LogP contribution in [0.5, 0.6) is 0 Å². The summed E-state index contributed by atoms with van der Waals surface area (Å²) >= 11 is 0. The molecular weight excluding hydrogens is 207 g/mol. The molecule has 16 heavy (non-hydrogen) atoms. The number of carbonyl (C=O) groups is 1. The predicted molar refractivity (Wildman–Crippen MR) is 61.3 cm³/mol. The quantitative estimate of drug-likeness (QED) is 0.806. The molecule has 0 aliphatic heterocycles. The number of carboxylic acid groups (broad SMARTS) is 1. The zero-order chi connectivity index (χ0) is 12.0. The van der Waals surface area contributed by atoms with E-state index in [1.165, 1.54) is 6.92 Å². The second-order valence-corrected chi connectivity index (χ2v) is 4.05. The van der Waals surface area contributed by atoms with Gasteiger partial charge >= 0.3 is 5.97 Å². The minimum Gasteiger partial charge on any atom is -0.481 e. The normalized spacial score (nSPS) is 12.4. The average molecular weight is 224 g/mol. The molecule has 0 bridgehead atoms. The number of halogens is 1. The molecule has 1 rings (SSSR count). The number of carboxylic acids is 1. The Balaban J connectivity index is 2.50. The van der Waals surface area contributed by atoms with Crippen LogP contribution in [-0.2, 0) is 17.6 Å². The molecule has 1 aromatic carbocycles. The lowest BCUT2D eigenvalue weighted by Gasteiger charge is -2.05. The fourth-order valence-electron chi connectivity index (χ4n) is 1.68. The number of aliphatic carboxylic acids is 1. The molecule has 0 aromatic heterocycles. The SMILES string of the molecule is CC(F)Cc1cccc(CCCC(=O)O)c1. The highest BCUT2D eigenvalue weighted by molar-refractivity contribution is 5.66. The van der Waals surface area contributed by atoms with E-state index in [2.05, 4.69) is 0 Å². The van der Waals surface area contributed by atoms with Gasteiger partial charge in [0.1, 0.15) is 6.17 Å². The third-order valence-corrected chi connectivity index (χ3v) is 2.36. The van der Waals surface area contributed by atoms with Gasteiger partial charge in [-0.2, -0.15) is 0 Å². The van der Waals surface area contributed by atoms with Crippen molar-refractivity contribution in [2.45, 2.75) is 38.8 Å². The average Bonchev–Trinajstić information content (AvgIpc) is 2.16. The van der Waals surface area contributed by atoms with Crippen LogP contribution in [0, 0.1) is 0 Å². The van der Waals surface area contributed by atoms with Crippen LogP contribution in [0.4, 0.5) is 4.39 Å². The fourth-order valence-corrected chi connectivity index (χ4v) is 1.68. The van der Waals surface area contributed by atoms with E-state index in [0.29, 0.717) is 12.8 Å². The lowest BCUT2D eigenvalue weighted by molar-refractivity contribution is -0.137. The zero-order valence-corrected chi connectivity index (χ0v) is 9.45. The maximum absolute atomic E-state index is 12.8. The van der Waals surface area contributed by atoms with Crippen molar-refractivity contribution in [3.05, 3.63) is 35.4 Å². The Morgan fingerprint density at radius 2 is 2.12 bits per heavy atom. The first-order valence-electron chi connectivity index (χ1n) is 5.51. The summed E-state index contributed by atoms with van der Waals surface area (Å²) < 4.78 is 12.8. The van der Waals surface area contributed by atoms with Crippen LogP contribution in [0.1, 0.15) is 30.9 Å². The van der Waals surface area contributed by atoms with Crippen molar-refractivity contribution in [2.24, 2.45) is 0 Å². The summed E-state index contributed by atoms with van der Waals surface area (Å²) in [6.07, 6.45) is 1.13. The van der Waals surface area contributed by atoms with Gasteiger partial charge in [0, 0.05) is 12.8 Å². The Kier molecular flexibility index (Phi) is 4.96. The molecule has 0 saturated carbocycles. The summed E-state index contributed by atoms with van der Waals surface area (Å²) in [5, 5.41) is 8.52. The number of hydrogen-bond donors (Lipinski definition) is 1. The second kappa shape index (κ2) is 6.26. The van der Waals surface area contributed by atoms with Crippen LogP contribution in [0.3, 0.4) is 0 Å². The third kappa shape index (κ3) is 4.91. The first kappa shape index (κ1) is 12.7. The van der Waals surface area contributed by atoms with Gasteiger partial charge in [-0.15, -0.1) is 0 Å². The highest BCUT2D eigenvalue weighted by Gasteiger charge is 2.02. The molecular formula is C13H17FO2. The molecule has 0 heterocycles. The molecule has 0 fully saturated rings. The number of aryl methyl sites for hydroxylation is 1. The van der Waals surface area contributed by atoms with Gasteiger partial charge in [0.2, 0.25) is 0 Å². The van der Waals surface area contributed by atoms with Gasteiger partial charge < -0.3 is 5.11 Å². The van der Waals surface area contributed by atoms with Gasteiger partial charge in [-0.25, -0.2) is 4.39 Å². The lowest BCUT2D eigenvalue weighted by Crippen LogP contribution is -2.00. The molecule has 0 saturated heterocycles. The standard InChI is InChI=1S/C13H17FO2/c1-10(14)8-12-6-2-4-11(9-12)5-3-7-13(15)16/h2,4,6,9-10H,3,5,7-8H2,1H3,(H,15,16). The molecule has 0 amide bonds. The first-order valence-corrected chi connectivity index (χ1v) is 5.51. The van der Waals surface area contributed by atoms with Crippen molar-refractivity contribution in [1.29, 1.82) is 0 Å². The van der Waals surface area contributed by atoms with Crippen molar-refractivity contribution in [2.75, 3.05) is 0 Å². The van der Waals surface area contributed by atoms with Crippen molar-refractivity contribution < 1.29 is 14.3 Å². The van der Waals surface area contributed by atoms with Gasteiger partial charge in [-0.05, 0) is 30.9 Å². The molecule has 0 aliphatic rings. The van der Waals surface area contributed by atoms with E-state index < -0.39 is 12.1 Å². The summed E-state index contributed by atoms with van der Waals surface area (Å²) in [5.41, 5.74) is 2.06. The topological polar surface area (TPSA) is 37.3 Å². The van der Waals surface area contributed by atoms with Crippen molar-refractivity contribution >= 4 is 5.97 Å². The Labute approximate surface area is 95.1 Å². The molecule has 3 heteroatoms. The van der Waals surface area contributed by atoms with Crippen LogP contribution in [-0.4, -0.2) is 17.2 Å². The van der Waals surface area contributed by atoms with E-state index in [-0.39, 0.29) is 6.42 Å². The lowest BCUT2D eigenvalue weighted by atomic mass is 10.0. The van der Waals surface area contributed by atoms with Gasteiger partial charge in [-0.3, -0.25) is 4.79 Å². The molecule has 1 atom stereocenters. The van der Waals surface area contributed by atoms with Gasteiger partial charge in [0.15, 0.2) is 0 Å². The van der Waals surface area contributed by atoms with E-state index in [1.807, 2.05) is 24.3 Å². The largest absolute Gasteiger partial charge is 0.481 e. The van der Waals surface area contributed by atoms with Gasteiger partial charge in [0.25, 0.3) is 0 Å². The molecule has 1 aromatic rings. The third-order valence-electron chi connectivity index (χ3n) is 2.36. The van der Waals surface area contributed by atoms with Crippen molar-refractivity contribution in [1.82, 2.24) is 0 Å². The number of rotatable bonds is 6. The Bertz CT molecular complexity index is 348. The highest BCUT2D eigenvalue weighted by atomic mass is 19.1. The van der Waals surface area contributed by atoms with Crippen LogP contribution < -0.4 is 0 Å². The smallest absolute Gasteiger partial charge is 0.303 e. The fraction of sp³-hybridized carbons (Fsp3) is 0.462. The van der Waals surface area contributed by atoms with Crippen LogP contribution >= 0.6 is 0 Å². The van der Waals surface area contributed by atoms with E-state index in [0.717, 1.165) is 17.5 Å². The predicted octanol–water partition coefficient (Wildman–Crippen LogP) is 2.99. The number of benzene rings is 1. The summed E-state index contributed by atoms with van der Waals surface area (Å²) in [7, 11) is 0. The minimum atomic E-state index is -0.839. The molecule has 2 nitrogen and oxygen atoms in total. The molecule has 1 N–H and O–H groups in total. The molecule has 0 spiro atoms. The molecule has 1 unspecified atom stereocenters. The number of hydrogen-bond acceptors (Lipinski definition) is 1. The first-order chi connectivity index (χ1) is 7.58. The van der Waals surface area contributed by atoms with Crippen molar-refractivity contribution in [3.63, 3.8) is 0 Å². The maximum atomic E-state index is 12.8. The summed E-state index contributed by atoms with van der Waals surface area (Å²) in [6, 6.07) is 7.71. The summed E-state index contributed by atoms with van der Waals surface area (Å²) in [6.45, 7) is 1.54. The summed E-state index contributed by atoms with van der Waals surface area (Å²) in [4.78, 5) is 10.4. The van der Waals surface area contributed by atoms with Crippen LogP contribution in [0.25, 0.3) is 0 Å². The van der Waals surface area contributed by atoms with E-state index in [9.17, 15) is 9.18 Å². The van der Waals surface area contributed by atoms with E-state index >= 15 is 0 Å². The Hall–Kier alpha value is -1.38.